The highest BCUT2D eigenvalue weighted by atomic mass is 16.5. The highest BCUT2D eigenvalue weighted by Crippen LogP contribution is 2.25. The van der Waals surface area contributed by atoms with Crippen LogP contribution in [0.15, 0.2) is 85.2 Å². The summed E-state index contributed by atoms with van der Waals surface area (Å²) in [5.41, 5.74) is 5.22. The highest BCUT2D eigenvalue weighted by Gasteiger charge is 2.28. The van der Waals surface area contributed by atoms with E-state index in [-0.39, 0.29) is 24.5 Å². The summed E-state index contributed by atoms with van der Waals surface area (Å²) in [6.07, 6.45) is 10.1. The van der Waals surface area contributed by atoms with Gasteiger partial charge in [0.05, 0.1) is 6.61 Å². The lowest BCUT2D eigenvalue weighted by Gasteiger charge is -2.21. The molecule has 0 spiro atoms. The molecule has 0 unspecified atom stereocenters. The molecule has 0 aliphatic carbocycles. The van der Waals surface area contributed by atoms with E-state index in [2.05, 4.69) is 36.1 Å². The zero-order valence-electron chi connectivity index (χ0n) is 30.7. The summed E-state index contributed by atoms with van der Waals surface area (Å²) in [5, 5.41) is 12.5. The van der Waals surface area contributed by atoms with Gasteiger partial charge in [-0.2, -0.15) is 0 Å². The Morgan fingerprint density at radius 3 is 1.98 bits per heavy atom. The molecule has 2 N–H and O–H groups in total. The Balaban J connectivity index is 1.42. The lowest BCUT2D eigenvalue weighted by Crippen LogP contribution is -2.45. The Labute approximate surface area is 303 Å². The zero-order valence-corrected chi connectivity index (χ0v) is 30.7. The molecule has 0 saturated heterocycles. The number of carbonyl (C=O) groups excluding carboxylic acids is 2. The molecule has 3 aromatic carbocycles. The summed E-state index contributed by atoms with van der Waals surface area (Å²) in [7, 11) is 0. The molecule has 1 aromatic heterocycles. The van der Waals surface area contributed by atoms with Crippen LogP contribution in [0.2, 0.25) is 0 Å². The highest BCUT2D eigenvalue weighted by molar-refractivity contribution is 5.99. The van der Waals surface area contributed by atoms with Gasteiger partial charge in [-0.1, -0.05) is 121 Å². The van der Waals surface area contributed by atoms with Crippen molar-refractivity contribution in [3.63, 3.8) is 0 Å². The second-order valence-electron chi connectivity index (χ2n) is 14.1. The SMILES string of the molecule is CCCCCCCOc1ccc(-c2cnc(-c3ccc(C[C@H](CC(=O)c4ccc(C(C)C)cc4)C(=O)N[C@@H](CC(C)C)C(=O)O)cc3)nc2)cc1. The van der Waals surface area contributed by atoms with E-state index >= 15 is 0 Å². The normalized spacial score (nSPS) is 12.5. The number of carbonyl (C=O) groups is 3. The number of nitrogens with zero attached hydrogens (tertiary/aromatic N) is 2. The molecule has 8 heteroatoms. The molecule has 0 aliphatic heterocycles. The van der Waals surface area contributed by atoms with Gasteiger partial charge in [-0.05, 0) is 59.9 Å². The van der Waals surface area contributed by atoms with Crippen molar-refractivity contribution in [1.29, 1.82) is 0 Å². The van der Waals surface area contributed by atoms with E-state index in [4.69, 9.17) is 4.74 Å². The maximum absolute atomic E-state index is 13.5. The van der Waals surface area contributed by atoms with Crippen molar-refractivity contribution in [2.45, 2.75) is 97.9 Å². The van der Waals surface area contributed by atoms with Crippen molar-refractivity contribution in [2.75, 3.05) is 6.61 Å². The predicted octanol–water partition coefficient (Wildman–Crippen LogP) is 9.33. The Hall–Kier alpha value is -4.85. The van der Waals surface area contributed by atoms with Gasteiger partial charge in [0.2, 0.25) is 5.91 Å². The first-order chi connectivity index (χ1) is 24.5. The smallest absolute Gasteiger partial charge is 0.326 e. The Kier molecular flexibility index (Phi) is 14.9. The second kappa shape index (κ2) is 19.5. The zero-order chi connectivity index (χ0) is 36.8. The fourth-order valence-corrected chi connectivity index (χ4v) is 5.98. The van der Waals surface area contributed by atoms with E-state index in [0.29, 0.717) is 23.7 Å². The maximum Gasteiger partial charge on any atom is 0.326 e. The van der Waals surface area contributed by atoms with Crippen LogP contribution < -0.4 is 10.1 Å². The number of aliphatic carboxylic acids is 1. The van der Waals surface area contributed by atoms with Crippen LogP contribution in [-0.2, 0) is 16.0 Å². The van der Waals surface area contributed by atoms with E-state index in [1.807, 2.05) is 74.5 Å². The third-order valence-corrected chi connectivity index (χ3v) is 9.07. The van der Waals surface area contributed by atoms with Gasteiger partial charge in [0.1, 0.15) is 11.8 Å². The summed E-state index contributed by atoms with van der Waals surface area (Å²) in [5.74, 6) is -0.609. The van der Waals surface area contributed by atoms with Gasteiger partial charge in [-0.15, -0.1) is 0 Å². The number of nitrogens with one attached hydrogen (secondary N) is 1. The first kappa shape index (κ1) is 38.9. The third-order valence-electron chi connectivity index (χ3n) is 9.07. The number of Topliss-reactive ketones (excluding diaryl/α,β-unsaturated/α-hetero) is 1. The Bertz CT molecular complexity index is 1680. The molecular formula is C43H53N3O5. The number of carboxylic acids is 1. The molecule has 0 bridgehead atoms. The van der Waals surface area contributed by atoms with Crippen LogP contribution in [0.25, 0.3) is 22.5 Å². The first-order valence-electron chi connectivity index (χ1n) is 18.3. The summed E-state index contributed by atoms with van der Waals surface area (Å²) in [4.78, 5) is 48.1. The van der Waals surface area contributed by atoms with E-state index < -0.39 is 23.8 Å². The van der Waals surface area contributed by atoms with E-state index in [9.17, 15) is 19.5 Å². The number of aromatic nitrogens is 2. The van der Waals surface area contributed by atoms with Crippen molar-refractivity contribution in [3.05, 3.63) is 102 Å². The van der Waals surface area contributed by atoms with Crippen molar-refractivity contribution in [1.82, 2.24) is 15.3 Å². The molecule has 0 fully saturated rings. The molecule has 2 atom stereocenters. The number of ether oxygens (including phenoxy) is 1. The minimum Gasteiger partial charge on any atom is -0.494 e. The number of carboxylic acid groups (broad SMARTS) is 1. The quantitative estimate of drug-likeness (QED) is 0.0700. The monoisotopic (exact) mass is 691 g/mol. The minimum absolute atomic E-state index is 0.0423. The van der Waals surface area contributed by atoms with Crippen molar-refractivity contribution >= 4 is 17.7 Å². The fourth-order valence-electron chi connectivity index (χ4n) is 5.98. The maximum atomic E-state index is 13.5. The van der Waals surface area contributed by atoms with Crippen LogP contribution in [0, 0.1) is 11.8 Å². The second-order valence-corrected chi connectivity index (χ2v) is 14.1. The van der Waals surface area contributed by atoms with Gasteiger partial charge in [0.15, 0.2) is 11.6 Å². The molecular weight excluding hydrogens is 638 g/mol. The average Bonchev–Trinajstić information content (AvgIpc) is 3.13. The van der Waals surface area contributed by atoms with Gasteiger partial charge in [-0.3, -0.25) is 9.59 Å². The van der Waals surface area contributed by atoms with Gasteiger partial charge in [-0.25, -0.2) is 14.8 Å². The summed E-state index contributed by atoms with van der Waals surface area (Å²) >= 11 is 0. The molecule has 270 valence electrons. The lowest BCUT2D eigenvalue weighted by atomic mass is 9.90. The van der Waals surface area contributed by atoms with E-state index in [0.717, 1.165) is 46.6 Å². The fraction of sp³-hybridized carbons (Fsp3) is 0.419. The first-order valence-corrected chi connectivity index (χ1v) is 18.3. The van der Waals surface area contributed by atoms with Gasteiger partial charge >= 0.3 is 5.97 Å². The van der Waals surface area contributed by atoms with Gasteiger partial charge in [0, 0.05) is 41.4 Å². The van der Waals surface area contributed by atoms with Crippen molar-refractivity contribution in [2.24, 2.45) is 11.8 Å². The predicted molar refractivity (Wildman–Crippen MR) is 203 cm³/mol. The third kappa shape index (κ3) is 12.2. The standard InChI is InChI=1S/C43H53N3O5/c1-6-7-8-9-10-23-51-38-21-19-33(20-22-38)37-27-44-41(45-28-37)35-13-11-31(12-14-35)25-36(42(48)46-39(43(49)50)24-29(2)3)26-40(47)34-17-15-32(16-18-34)30(4)5/h11-22,27-30,36,39H,6-10,23-26H2,1-5H3,(H,46,48)(H,49,50)/t36-,39+/m1/s1. The van der Waals surface area contributed by atoms with Crippen molar-refractivity contribution in [3.8, 4) is 28.3 Å². The Morgan fingerprint density at radius 1 is 0.765 bits per heavy atom. The van der Waals surface area contributed by atoms with Crippen LogP contribution in [-0.4, -0.2) is 45.4 Å². The van der Waals surface area contributed by atoms with Crippen LogP contribution in [0.1, 0.15) is 107 Å². The largest absolute Gasteiger partial charge is 0.494 e. The summed E-state index contributed by atoms with van der Waals surface area (Å²) < 4.78 is 5.90. The number of rotatable bonds is 20. The number of ketones is 1. The molecule has 4 rings (SSSR count). The van der Waals surface area contributed by atoms with E-state index in [1.54, 1.807) is 24.5 Å². The van der Waals surface area contributed by atoms with Crippen LogP contribution in [0.4, 0.5) is 0 Å². The number of benzene rings is 3. The number of unbranched alkanes of at least 4 members (excludes halogenated alkanes) is 4. The topological polar surface area (TPSA) is 118 Å². The van der Waals surface area contributed by atoms with Gasteiger partial charge in [0.25, 0.3) is 0 Å². The molecule has 1 amide bonds. The number of hydrogen-bond acceptors (Lipinski definition) is 6. The Morgan fingerprint density at radius 2 is 1.39 bits per heavy atom. The van der Waals surface area contributed by atoms with Crippen LogP contribution in [0.3, 0.4) is 0 Å². The summed E-state index contributed by atoms with van der Waals surface area (Å²) in [6.45, 7) is 10.9. The summed E-state index contributed by atoms with van der Waals surface area (Å²) in [6, 6.07) is 22.0. The molecule has 8 nitrogen and oxygen atoms in total. The molecule has 1 heterocycles. The van der Waals surface area contributed by atoms with Crippen LogP contribution in [0.5, 0.6) is 5.75 Å². The van der Waals surface area contributed by atoms with Crippen LogP contribution >= 0.6 is 0 Å². The molecule has 4 aromatic rings. The molecule has 0 radical (unpaired) electrons. The van der Waals surface area contributed by atoms with Crippen molar-refractivity contribution < 1.29 is 24.2 Å². The van der Waals surface area contributed by atoms with E-state index in [1.165, 1.54) is 25.7 Å². The number of hydrogen-bond donors (Lipinski definition) is 2. The molecule has 51 heavy (non-hydrogen) atoms. The lowest BCUT2D eigenvalue weighted by molar-refractivity contribution is -0.142. The average molecular weight is 692 g/mol. The molecule has 0 aliphatic rings. The minimum atomic E-state index is -1.09. The van der Waals surface area contributed by atoms with Gasteiger partial charge < -0.3 is 15.2 Å². The molecule has 0 saturated carbocycles. The number of amides is 1.